The van der Waals surface area contributed by atoms with Crippen molar-refractivity contribution < 1.29 is 14.2 Å². The largest absolute Gasteiger partial charge is 0.493 e. The second kappa shape index (κ2) is 7.50. The highest BCUT2D eigenvalue weighted by Crippen LogP contribution is 2.37. The summed E-state index contributed by atoms with van der Waals surface area (Å²) in [4.78, 5) is 0. The topological polar surface area (TPSA) is 53.7 Å². The van der Waals surface area contributed by atoms with Crippen LogP contribution in [-0.2, 0) is 4.74 Å². The molecule has 0 heterocycles. The number of rotatable bonds is 8. The lowest BCUT2D eigenvalue weighted by atomic mass is 9.84. The third kappa shape index (κ3) is 3.25. The predicted octanol–water partition coefficient (Wildman–Crippen LogP) is 3.30. The molecule has 1 aromatic carbocycles. The van der Waals surface area contributed by atoms with Gasteiger partial charge in [-0.1, -0.05) is 19.9 Å². The molecule has 0 spiro atoms. The van der Waals surface area contributed by atoms with Crippen molar-refractivity contribution in [3.63, 3.8) is 0 Å². The van der Waals surface area contributed by atoms with Gasteiger partial charge in [-0.15, -0.1) is 0 Å². The molecule has 0 amide bonds. The number of nitrogens with two attached hydrogens (primary N) is 1. The Morgan fingerprint density at radius 3 is 2.10 bits per heavy atom. The quantitative estimate of drug-likeness (QED) is 0.794. The molecular formula is C16H27NO3. The van der Waals surface area contributed by atoms with E-state index in [2.05, 4.69) is 13.8 Å². The van der Waals surface area contributed by atoms with Gasteiger partial charge in [0.2, 0.25) is 0 Å². The first-order valence-electron chi connectivity index (χ1n) is 7.19. The van der Waals surface area contributed by atoms with Gasteiger partial charge in [0.1, 0.15) is 0 Å². The van der Waals surface area contributed by atoms with Gasteiger partial charge in [0.15, 0.2) is 11.5 Å². The Bertz CT molecular complexity index is 416. The molecule has 0 radical (unpaired) electrons. The maximum atomic E-state index is 6.48. The summed E-state index contributed by atoms with van der Waals surface area (Å²) in [5.74, 6) is 1.40. The Balaban J connectivity index is 3.14. The SMILES string of the molecule is CCOC(CC)(CC)C(N)c1ccc(OC)c(OC)c1. The monoisotopic (exact) mass is 281 g/mol. The van der Waals surface area contributed by atoms with E-state index in [4.69, 9.17) is 19.9 Å². The summed E-state index contributed by atoms with van der Waals surface area (Å²) in [6.45, 7) is 6.88. The normalized spacial score (nSPS) is 13.1. The molecule has 0 saturated heterocycles. The lowest BCUT2D eigenvalue weighted by Gasteiger charge is -2.37. The van der Waals surface area contributed by atoms with Gasteiger partial charge >= 0.3 is 0 Å². The molecule has 0 aliphatic heterocycles. The Morgan fingerprint density at radius 2 is 1.65 bits per heavy atom. The fourth-order valence-electron chi connectivity index (χ4n) is 2.62. The molecule has 1 unspecified atom stereocenters. The Kier molecular flexibility index (Phi) is 6.30. The van der Waals surface area contributed by atoms with Crippen molar-refractivity contribution >= 4 is 0 Å². The first kappa shape index (κ1) is 16.8. The van der Waals surface area contributed by atoms with Gasteiger partial charge in [-0.05, 0) is 37.5 Å². The van der Waals surface area contributed by atoms with Crippen molar-refractivity contribution in [2.75, 3.05) is 20.8 Å². The Morgan fingerprint density at radius 1 is 1.05 bits per heavy atom. The third-order valence-corrected chi connectivity index (χ3v) is 3.96. The molecule has 1 atom stereocenters. The van der Waals surface area contributed by atoms with Crippen LogP contribution in [0.15, 0.2) is 18.2 Å². The van der Waals surface area contributed by atoms with E-state index in [-0.39, 0.29) is 11.6 Å². The fourth-order valence-corrected chi connectivity index (χ4v) is 2.62. The maximum absolute atomic E-state index is 6.48. The van der Waals surface area contributed by atoms with E-state index in [0.717, 1.165) is 18.4 Å². The molecule has 0 bridgehead atoms. The molecule has 0 aromatic heterocycles. The van der Waals surface area contributed by atoms with E-state index in [9.17, 15) is 0 Å². The number of benzene rings is 1. The van der Waals surface area contributed by atoms with Crippen LogP contribution in [-0.4, -0.2) is 26.4 Å². The van der Waals surface area contributed by atoms with Crippen LogP contribution in [0.4, 0.5) is 0 Å². The molecule has 4 nitrogen and oxygen atoms in total. The van der Waals surface area contributed by atoms with Crippen LogP contribution < -0.4 is 15.2 Å². The third-order valence-electron chi connectivity index (χ3n) is 3.96. The highest BCUT2D eigenvalue weighted by molar-refractivity contribution is 5.44. The second-order valence-corrected chi connectivity index (χ2v) is 4.80. The predicted molar refractivity (Wildman–Crippen MR) is 81.4 cm³/mol. The highest BCUT2D eigenvalue weighted by Gasteiger charge is 2.35. The molecule has 114 valence electrons. The zero-order valence-electron chi connectivity index (χ0n) is 13.2. The highest BCUT2D eigenvalue weighted by atomic mass is 16.5. The molecule has 0 saturated carbocycles. The van der Waals surface area contributed by atoms with Crippen molar-refractivity contribution in [1.29, 1.82) is 0 Å². The van der Waals surface area contributed by atoms with E-state index < -0.39 is 0 Å². The number of hydrogen-bond acceptors (Lipinski definition) is 4. The first-order chi connectivity index (χ1) is 9.58. The first-order valence-corrected chi connectivity index (χ1v) is 7.19. The average Bonchev–Trinajstić information content (AvgIpc) is 2.51. The van der Waals surface area contributed by atoms with Crippen molar-refractivity contribution in [3.05, 3.63) is 23.8 Å². The zero-order chi connectivity index (χ0) is 15.2. The van der Waals surface area contributed by atoms with Crippen molar-refractivity contribution in [3.8, 4) is 11.5 Å². The van der Waals surface area contributed by atoms with Crippen LogP contribution in [0.2, 0.25) is 0 Å². The van der Waals surface area contributed by atoms with Gasteiger partial charge in [0.05, 0.1) is 25.9 Å². The van der Waals surface area contributed by atoms with Crippen molar-refractivity contribution in [2.45, 2.75) is 45.3 Å². The van der Waals surface area contributed by atoms with Crippen LogP contribution >= 0.6 is 0 Å². The molecule has 0 fully saturated rings. The van der Waals surface area contributed by atoms with Crippen molar-refractivity contribution in [1.82, 2.24) is 0 Å². The van der Waals surface area contributed by atoms with E-state index >= 15 is 0 Å². The lowest BCUT2D eigenvalue weighted by molar-refractivity contribution is -0.0646. The molecule has 0 aliphatic carbocycles. The number of methoxy groups -OCH3 is 2. The molecule has 20 heavy (non-hydrogen) atoms. The summed E-state index contributed by atoms with van der Waals surface area (Å²) in [6.07, 6.45) is 1.74. The van der Waals surface area contributed by atoms with Crippen LogP contribution in [0.1, 0.15) is 45.2 Å². The minimum absolute atomic E-state index is 0.197. The Labute approximate surface area is 122 Å². The van der Waals surface area contributed by atoms with Gasteiger partial charge < -0.3 is 19.9 Å². The molecule has 4 heteroatoms. The summed E-state index contributed by atoms with van der Waals surface area (Å²) >= 11 is 0. The van der Waals surface area contributed by atoms with E-state index in [0.29, 0.717) is 18.1 Å². The van der Waals surface area contributed by atoms with E-state index in [1.165, 1.54) is 0 Å². The van der Waals surface area contributed by atoms with Gasteiger partial charge in [-0.2, -0.15) is 0 Å². The van der Waals surface area contributed by atoms with Gasteiger partial charge in [0.25, 0.3) is 0 Å². The van der Waals surface area contributed by atoms with Gasteiger partial charge in [-0.3, -0.25) is 0 Å². The Hall–Kier alpha value is -1.26. The summed E-state index contributed by atoms with van der Waals surface area (Å²) in [5, 5.41) is 0. The van der Waals surface area contributed by atoms with Gasteiger partial charge in [0, 0.05) is 6.61 Å². The molecule has 1 rings (SSSR count). The molecule has 1 aromatic rings. The minimum Gasteiger partial charge on any atom is -0.493 e. The molecular weight excluding hydrogens is 254 g/mol. The molecule has 0 aliphatic rings. The average molecular weight is 281 g/mol. The fraction of sp³-hybridized carbons (Fsp3) is 0.625. The van der Waals surface area contributed by atoms with Crippen LogP contribution in [0.25, 0.3) is 0 Å². The van der Waals surface area contributed by atoms with Gasteiger partial charge in [-0.25, -0.2) is 0 Å². The van der Waals surface area contributed by atoms with Crippen molar-refractivity contribution in [2.24, 2.45) is 5.73 Å². The number of ether oxygens (including phenoxy) is 3. The standard InChI is InChI=1S/C16H27NO3/c1-6-16(7-2,20-8-3)15(17)12-9-10-13(18-4)14(11-12)19-5/h9-11,15H,6-8,17H2,1-5H3. The summed E-state index contributed by atoms with van der Waals surface area (Å²) in [7, 11) is 3.25. The summed E-state index contributed by atoms with van der Waals surface area (Å²) in [6, 6.07) is 5.60. The van der Waals surface area contributed by atoms with E-state index in [1.807, 2.05) is 25.1 Å². The smallest absolute Gasteiger partial charge is 0.161 e. The molecule has 2 N–H and O–H groups in total. The second-order valence-electron chi connectivity index (χ2n) is 4.80. The van der Waals surface area contributed by atoms with E-state index in [1.54, 1.807) is 14.2 Å². The van der Waals surface area contributed by atoms with Crippen LogP contribution in [0, 0.1) is 0 Å². The summed E-state index contributed by atoms with van der Waals surface area (Å²) < 4.78 is 16.6. The van der Waals surface area contributed by atoms with Crippen LogP contribution in [0.5, 0.6) is 11.5 Å². The zero-order valence-corrected chi connectivity index (χ0v) is 13.2. The minimum atomic E-state index is -0.339. The van der Waals surface area contributed by atoms with Crippen LogP contribution in [0.3, 0.4) is 0 Å². The number of hydrogen-bond donors (Lipinski definition) is 1. The maximum Gasteiger partial charge on any atom is 0.161 e. The summed E-state index contributed by atoms with van der Waals surface area (Å²) in [5.41, 5.74) is 7.14. The lowest BCUT2D eigenvalue weighted by Crippen LogP contribution is -2.43.